The van der Waals surface area contributed by atoms with Crippen LogP contribution in [-0.4, -0.2) is 46.7 Å². The van der Waals surface area contributed by atoms with Gasteiger partial charge in [0.2, 0.25) is 5.91 Å². The Hall–Kier alpha value is -2.14. The lowest BCUT2D eigenvalue weighted by Gasteiger charge is -2.34. The summed E-state index contributed by atoms with van der Waals surface area (Å²) in [6.07, 6.45) is 9.00. The lowest BCUT2D eigenvalue weighted by molar-refractivity contribution is -0.133. The summed E-state index contributed by atoms with van der Waals surface area (Å²) in [5.74, 6) is 2.57. The first-order valence-electron chi connectivity index (χ1n) is 11.6. The highest BCUT2D eigenvalue weighted by atomic mass is 16.5. The van der Waals surface area contributed by atoms with Crippen molar-refractivity contribution >= 4 is 5.91 Å². The van der Waals surface area contributed by atoms with E-state index in [4.69, 9.17) is 9.72 Å². The predicted octanol–water partition coefficient (Wildman–Crippen LogP) is 4.35. The number of carbonyl (C=O) groups excluding carboxylic acids is 1. The number of nitrogens with zero attached hydrogens (tertiary/aromatic N) is 3. The van der Waals surface area contributed by atoms with E-state index in [1.807, 2.05) is 12.3 Å². The molecule has 162 valence electrons. The van der Waals surface area contributed by atoms with Crippen LogP contribution in [0.4, 0.5) is 0 Å². The summed E-state index contributed by atoms with van der Waals surface area (Å²) in [5.41, 5.74) is 2.56. The first-order valence-corrected chi connectivity index (χ1v) is 11.6. The van der Waals surface area contributed by atoms with Crippen molar-refractivity contribution in [3.63, 3.8) is 0 Å². The van der Waals surface area contributed by atoms with Gasteiger partial charge >= 0.3 is 0 Å². The maximum absolute atomic E-state index is 12.8. The van der Waals surface area contributed by atoms with E-state index in [9.17, 15) is 4.79 Å². The largest absolute Gasteiger partial charge is 0.381 e. The third-order valence-electron chi connectivity index (χ3n) is 6.68. The zero-order chi connectivity index (χ0) is 20.8. The Morgan fingerprint density at radius 2 is 1.97 bits per heavy atom. The molecule has 5 nitrogen and oxygen atoms in total. The van der Waals surface area contributed by atoms with Crippen LogP contribution in [0.25, 0.3) is 0 Å². The molecule has 5 heteroatoms. The van der Waals surface area contributed by atoms with Crippen molar-refractivity contribution in [2.24, 2.45) is 5.92 Å². The average molecular weight is 410 g/mol. The third kappa shape index (κ3) is 5.31. The number of rotatable bonds is 7. The zero-order valence-electron chi connectivity index (χ0n) is 18.3. The maximum Gasteiger partial charge on any atom is 0.222 e. The summed E-state index contributed by atoms with van der Waals surface area (Å²) < 4.78 is 7.96. The fourth-order valence-corrected chi connectivity index (χ4v) is 4.94. The van der Waals surface area contributed by atoms with Crippen LogP contribution in [0.2, 0.25) is 0 Å². The average Bonchev–Trinajstić information content (AvgIpc) is 3.15. The Morgan fingerprint density at radius 1 is 1.17 bits per heavy atom. The number of piperidine rings is 1. The van der Waals surface area contributed by atoms with E-state index in [1.54, 1.807) is 0 Å². The number of aryl methyl sites for hydroxylation is 2. The summed E-state index contributed by atoms with van der Waals surface area (Å²) in [6, 6.07) is 10.5. The molecule has 2 aliphatic heterocycles. The minimum atomic E-state index is 0.322. The lowest BCUT2D eigenvalue weighted by atomic mass is 9.95. The van der Waals surface area contributed by atoms with Crippen LogP contribution in [0.5, 0.6) is 0 Å². The number of hydrogen-bond acceptors (Lipinski definition) is 3. The monoisotopic (exact) mass is 409 g/mol. The second kappa shape index (κ2) is 10.3. The van der Waals surface area contributed by atoms with Gasteiger partial charge in [-0.1, -0.05) is 30.3 Å². The molecule has 1 amide bonds. The highest BCUT2D eigenvalue weighted by molar-refractivity contribution is 5.76. The van der Waals surface area contributed by atoms with Gasteiger partial charge in [-0.05, 0) is 56.9 Å². The fraction of sp³-hybridized carbons (Fsp3) is 0.600. The molecule has 0 aliphatic carbocycles. The minimum absolute atomic E-state index is 0.322. The van der Waals surface area contributed by atoms with Gasteiger partial charge in [-0.15, -0.1) is 0 Å². The summed E-state index contributed by atoms with van der Waals surface area (Å²) in [6.45, 7) is 6.61. The molecule has 1 aromatic heterocycles. The number of benzene rings is 1. The topological polar surface area (TPSA) is 47.4 Å². The van der Waals surface area contributed by atoms with Crippen LogP contribution in [0.1, 0.15) is 61.5 Å². The molecule has 0 spiro atoms. The number of amides is 1. The van der Waals surface area contributed by atoms with Crippen LogP contribution in [0, 0.1) is 12.8 Å². The zero-order valence-corrected chi connectivity index (χ0v) is 18.3. The van der Waals surface area contributed by atoms with Crippen LogP contribution in [0.15, 0.2) is 36.5 Å². The first-order chi connectivity index (χ1) is 14.7. The summed E-state index contributed by atoms with van der Waals surface area (Å²) >= 11 is 0. The number of ether oxygens (including phenoxy) is 1. The molecule has 0 saturated carbocycles. The maximum atomic E-state index is 12.8. The van der Waals surface area contributed by atoms with Crippen molar-refractivity contribution in [1.82, 2.24) is 14.5 Å². The molecular formula is C25H35N3O2. The molecule has 0 N–H and O–H groups in total. The first kappa shape index (κ1) is 21.1. The Kier molecular flexibility index (Phi) is 7.21. The molecule has 3 heterocycles. The normalized spacial score (nSPS) is 20.4. The van der Waals surface area contributed by atoms with Crippen molar-refractivity contribution in [2.45, 2.75) is 64.3 Å². The van der Waals surface area contributed by atoms with Crippen molar-refractivity contribution in [2.75, 3.05) is 26.3 Å². The van der Waals surface area contributed by atoms with Gasteiger partial charge in [-0.25, -0.2) is 4.98 Å². The van der Waals surface area contributed by atoms with Gasteiger partial charge < -0.3 is 14.2 Å². The number of aromatic nitrogens is 2. The van der Waals surface area contributed by atoms with Crippen LogP contribution in [0.3, 0.4) is 0 Å². The minimum Gasteiger partial charge on any atom is -0.381 e. The smallest absolute Gasteiger partial charge is 0.222 e. The van der Waals surface area contributed by atoms with E-state index < -0.39 is 0 Å². The number of likely N-dealkylation sites (tertiary alicyclic amines) is 1. The van der Waals surface area contributed by atoms with E-state index >= 15 is 0 Å². The molecule has 2 aliphatic rings. The van der Waals surface area contributed by atoms with Crippen LogP contribution < -0.4 is 0 Å². The molecule has 2 aromatic rings. The quantitative estimate of drug-likeness (QED) is 0.683. The van der Waals surface area contributed by atoms with E-state index in [1.165, 1.54) is 23.5 Å². The predicted molar refractivity (Wildman–Crippen MR) is 118 cm³/mol. The lowest BCUT2D eigenvalue weighted by Crippen LogP contribution is -2.41. The van der Waals surface area contributed by atoms with E-state index in [2.05, 4.69) is 40.7 Å². The molecule has 0 bridgehead atoms. The Balaban J connectivity index is 1.31. The van der Waals surface area contributed by atoms with Gasteiger partial charge in [0.25, 0.3) is 0 Å². The number of carbonyl (C=O) groups is 1. The van der Waals surface area contributed by atoms with E-state index in [0.29, 0.717) is 24.2 Å². The molecule has 1 atom stereocenters. The third-order valence-corrected chi connectivity index (χ3v) is 6.68. The van der Waals surface area contributed by atoms with Gasteiger partial charge in [-0.2, -0.15) is 0 Å². The molecule has 4 rings (SSSR count). The second-order valence-electron chi connectivity index (χ2n) is 8.94. The van der Waals surface area contributed by atoms with Crippen LogP contribution >= 0.6 is 0 Å². The molecule has 2 saturated heterocycles. The van der Waals surface area contributed by atoms with Gasteiger partial charge in [0.05, 0.1) is 0 Å². The summed E-state index contributed by atoms with van der Waals surface area (Å²) in [7, 11) is 0. The van der Waals surface area contributed by atoms with Crippen molar-refractivity contribution in [1.29, 1.82) is 0 Å². The van der Waals surface area contributed by atoms with Crippen LogP contribution in [-0.2, 0) is 22.5 Å². The van der Waals surface area contributed by atoms with Crippen molar-refractivity contribution in [3.05, 3.63) is 53.6 Å². The fourth-order valence-electron chi connectivity index (χ4n) is 4.94. The number of imidazole rings is 1. The highest BCUT2D eigenvalue weighted by Gasteiger charge is 2.27. The Labute approximate surface area is 180 Å². The Morgan fingerprint density at radius 3 is 2.77 bits per heavy atom. The van der Waals surface area contributed by atoms with Crippen molar-refractivity contribution in [3.8, 4) is 0 Å². The molecule has 2 fully saturated rings. The van der Waals surface area contributed by atoms with Gasteiger partial charge in [0.15, 0.2) is 0 Å². The van der Waals surface area contributed by atoms with Gasteiger partial charge in [-0.3, -0.25) is 4.79 Å². The van der Waals surface area contributed by atoms with Gasteiger partial charge in [0.1, 0.15) is 5.82 Å². The van der Waals surface area contributed by atoms with E-state index in [0.717, 1.165) is 65.0 Å². The van der Waals surface area contributed by atoms with Gasteiger partial charge in [0, 0.05) is 57.1 Å². The summed E-state index contributed by atoms with van der Waals surface area (Å²) in [5, 5.41) is 0. The standard InChI is InChI=1S/C25H35N3O2/c1-20-17-26-25(23-12-15-30-16-13-23)28(20)19-22-10-6-14-27(18-22)24(29)11-5-9-21-7-3-2-4-8-21/h2-4,7-8,17,22-23H,5-6,9-16,18-19H2,1H3. The molecule has 0 radical (unpaired) electrons. The van der Waals surface area contributed by atoms with Crippen molar-refractivity contribution < 1.29 is 9.53 Å². The molecular weight excluding hydrogens is 374 g/mol. The second-order valence-corrected chi connectivity index (χ2v) is 8.94. The highest BCUT2D eigenvalue weighted by Crippen LogP contribution is 2.28. The van der Waals surface area contributed by atoms with E-state index in [-0.39, 0.29) is 0 Å². The Bertz CT molecular complexity index is 811. The summed E-state index contributed by atoms with van der Waals surface area (Å²) in [4.78, 5) is 19.7. The molecule has 1 unspecified atom stereocenters. The molecule has 30 heavy (non-hydrogen) atoms. The SMILES string of the molecule is Cc1cnc(C2CCOCC2)n1CC1CCCN(C(=O)CCCc2ccccc2)C1. The number of hydrogen-bond donors (Lipinski definition) is 0. The molecule has 1 aromatic carbocycles.